The van der Waals surface area contributed by atoms with E-state index in [9.17, 15) is 9.90 Å². The number of hydrogen-bond acceptors (Lipinski definition) is 4. The van der Waals surface area contributed by atoms with Crippen molar-refractivity contribution in [2.45, 2.75) is 6.92 Å². The predicted molar refractivity (Wildman–Crippen MR) is 92.6 cm³/mol. The summed E-state index contributed by atoms with van der Waals surface area (Å²) in [7, 11) is 0. The Morgan fingerprint density at radius 2 is 1.88 bits per heavy atom. The molecule has 24 heavy (non-hydrogen) atoms. The largest absolute Gasteiger partial charge is 0.545 e. The monoisotopic (exact) mass is 318 g/mol. The second-order valence-corrected chi connectivity index (χ2v) is 5.20. The van der Waals surface area contributed by atoms with E-state index in [-0.39, 0.29) is 5.56 Å². The molecule has 3 rings (SSSR count). The lowest BCUT2D eigenvalue weighted by atomic mass is 10.1. The maximum Gasteiger partial charge on any atom is 0.126 e. The van der Waals surface area contributed by atoms with Gasteiger partial charge in [0.15, 0.2) is 0 Å². The SMILES string of the molecule is CCOc1ccccc1/C=C/c1cc(C(=O)[O-])c2ccccc2n1. The second-order valence-electron chi connectivity index (χ2n) is 5.20. The van der Waals surface area contributed by atoms with Crippen molar-refractivity contribution in [3.05, 3.63) is 71.4 Å². The van der Waals surface area contributed by atoms with Crippen LogP contribution in [0.1, 0.15) is 28.5 Å². The molecule has 0 atom stereocenters. The van der Waals surface area contributed by atoms with Crippen LogP contribution in [0.4, 0.5) is 0 Å². The van der Waals surface area contributed by atoms with Gasteiger partial charge in [-0.15, -0.1) is 0 Å². The summed E-state index contributed by atoms with van der Waals surface area (Å²) in [5.41, 5.74) is 2.22. The highest BCUT2D eigenvalue weighted by Gasteiger charge is 2.05. The first-order valence-electron chi connectivity index (χ1n) is 7.70. The zero-order valence-corrected chi connectivity index (χ0v) is 13.2. The molecule has 0 aliphatic heterocycles. The van der Waals surface area contributed by atoms with Gasteiger partial charge in [-0.3, -0.25) is 0 Å². The number of benzene rings is 2. The van der Waals surface area contributed by atoms with Crippen LogP contribution in [0.3, 0.4) is 0 Å². The molecular weight excluding hydrogens is 302 g/mol. The second kappa shape index (κ2) is 6.96. The van der Waals surface area contributed by atoms with E-state index in [0.29, 0.717) is 23.2 Å². The van der Waals surface area contributed by atoms with E-state index in [1.165, 1.54) is 6.07 Å². The topological polar surface area (TPSA) is 62.2 Å². The smallest absolute Gasteiger partial charge is 0.126 e. The van der Waals surface area contributed by atoms with E-state index in [1.54, 1.807) is 24.3 Å². The number of rotatable bonds is 5. The third kappa shape index (κ3) is 3.27. The van der Waals surface area contributed by atoms with Gasteiger partial charge in [0.25, 0.3) is 0 Å². The zero-order chi connectivity index (χ0) is 16.9. The predicted octanol–water partition coefficient (Wildman–Crippen LogP) is 3.17. The van der Waals surface area contributed by atoms with Crippen molar-refractivity contribution in [2.24, 2.45) is 0 Å². The summed E-state index contributed by atoms with van der Waals surface area (Å²) in [6, 6.07) is 16.3. The number of para-hydroxylation sites is 2. The number of ether oxygens (including phenoxy) is 1. The van der Waals surface area contributed by atoms with Gasteiger partial charge < -0.3 is 14.6 Å². The Morgan fingerprint density at radius 3 is 2.67 bits per heavy atom. The van der Waals surface area contributed by atoms with Gasteiger partial charge >= 0.3 is 0 Å². The molecule has 0 bridgehead atoms. The van der Waals surface area contributed by atoms with Crippen LogP contribution in [0, 0.1) is 0 Å². The van der Waals surface area contributed by atoms with Crippen molar-refractivity contribution in [2.75, 3.05) is 6.61 Å². The number of carbonyl (C=O) groups is 1. The minimum absolute atomic E-state index is 0.137. The number of nitrogens with zero attached hydrogens (tertiary/aromatic N) is 1. The molecule has 4 heteroatoms. The van der Waals surface area contributed by atoms with Gasteiger partial charge in [-0.25, -0.2) is 4.98 Å². The van der Waals surface area contributed by atoms with Gasteiger partial charge in [0.05, 0.1) is 23.8 Å². The van der Waals surface area contributed by atoms with Gasteiger partial charge in [0.1, 0.15) is 5.75 Å². The number of hydrogen-bond donors (Lipinski definition) is 0. The van der Waals surface area contributed by atoms with Crippen molar-refractivity contribution in [1.29, 1.82) is 0 Å². The number of carboxylic acid groups (broad SMARTS) is 1. The summed E-state index contributed by atoms with van der Waals surface area (Å²) in [4.78, 5) is 15.9. The Labute approximate surface area is 140 Å². The third-order valence-corrected chi connectivity index (χ3v) is 3.61. The van der Waals surface area contributed by atoms with Crippen LogP contribution in [0.5, 0.6) is 5.75 Å². The first kappa shape index (κ1) is 15.7. The number of aromatic carboxylic acids is 1. The molecule has 0 unspecified atom stereocenters. The normalized spacial score (nSPS) is 11.0. The summed E-state index contributed by atoms with van der Waals surface area (Å²) in [5, 5.41) is 12.0. The van der Waals surface area contributed by atoms with Crippen LogP contribution in [0.25, 0.3) is 23.1 Å². The van der Waals surface area contributed by atoms with Gasteiger partial charge in [-0.1, -0.05) is 36.4 Å². The molecule has 0 fully saturated rings. The van der Waals surface area contributed by atoms with Gasteiger partial charge in [-0.05, 0) is 37.3 Å². The number of fused-ring (bicyclic) bond motifs is 1. The lowest BCUT2D eigenvalue weighted by molar-refractivity contribution is -0.254. The van der Waals surface area contributed by atoms with Crippen LogP contribution < -0.4 is 9.84 Å². The van der Waals surface area contributed by atoms with Crippen molar-refractivity contribution in [1.82, 2.24) is 4.98 Å². The first-order valence-corrected chi connectivity index (χ1v) is 7.70. The minimum Gasteiger partial charge on any atom is -0.545 e. The highest BCUT2D eigenvalue weighted by atomic mass is 16.5. The fraction of sp³-hybridized carbons (Fsp3) is 0.100. The third-order valence-electron chi connectivity index (χ3n) is 3.61. The first-order chi connectivity index (χ1) is 11.7. The van der Waals surface area contributed by atoms with E-state index >= 15 is 0 Å². The van der Waals surface area contributed by atoms with E-state index in [1.807, 2.05) is 43.3 Å². The summed E-state index contributed by atoms with van der Waals surface area (Å²) in [6.07, 6.45) is 3.64. The van der Waals surface area contributed by atoms with Crippen molar-refractivity contribution >= 4 is 29.0 Å². The Balaban J connectivity index is 2.03. The quantitative estimate of drug-likeness (QED) is 0.725. The molecule has 0 radical (unpaired) electrons. The Kier molecular flexibility index (Phi) is 4.57. The average Bonchev–Trinajstić information content (AvgIpc) is 2.60. The Hall–Kier alpha value is -3.14. The molecule has 0 amide bonds. The van der Waals surface area contributed by atoms with E-state index in [4.69, 9.17) is 4.74 Å². The van der Waals surface area contributed by atoms with Crippen LogP contribution in [-0.2, 0) is 0 Å². The van der Waals surface area contributed by atoms with E-state index in [2.05, 4.69) is 4.98 Å². The molecule has 1 aromatic heterocycles. The molecule has 0 aliphatic carbocycles. The summed E-state index contributed by atoms with van der Waals surface area (Å²) in [6.45, 7) is 2.51. The molecule has 3 aromatic rings. The maximum absolute atomic E-state index is 11.4. The Bertz CT molecular complexity index is 916. The molecule has 0 N–H and O–H groups in total. The van der Waals surface area contributed by atoms with Crippen molar-refractivity contribution in [3.8, 4) is 5.75 Å². The number of carbonyl (C=O) groups excluding carboxylic acids is 1. The fourth-order valence-electron chi connectivity index (χ4n) is 2.53. The number of pyridine rings is 1. The van der Waals surface area contributed by atoms with Gasteiger partial charge in [0, 0.05) is 16.5 Å². The maximum atomic E-state index is 11.4. The number of carboxylic acids is 1. The lowest BCUT2D eigenvalue weighted by Gasteiger charge is -2.09. The zero-order valence-electron chi connectivity index (χ0n) is 13.2. The molecule has 120 valence electrons. The van der Waals surface area contributed by atoms with E-state index < -0.39 is 5.97 Å². The lowest BCUT2D eigenvalue weighted by Crippen LogP contribution is -2.22. The van der Waals surface area contributed by atoms with Crippen LogP contribution in [0.15, 0.2) is 54.6 Å². The van der Waals surface area contributed by atoms with Crippen LogP contribution in [0.2, 0.25) is 0 Å². The molecule has 1 heterocycles. The summed E-state index contributed by atoms with van der Waals surface area (Å²) in [5.74, 6) is -0.435. The summed E-state index contributed by atoms with van der Waals surface area (Å²) < 4.78 is 5.58. The van der Waals surface area contributed by atoms with Gasteiger partial charge in [0.2, 0.25) is 0 Å². The molecular formula is C20H16NO3-. The average molecular weight is 318 g/mol. The minimum atomic E-state index is -1.21. The van der Waals surface area contributed by atoms with E-state index in [0.717, 1.165) is 11.3 Å². The molecule has 2 aromatic carbocycles. The van der Waals surface area contributed by atoms with Crippen LogP contribution >= 0.6 is 0 Å². The van der Waals surface area contributed by atoms with Gasteiger partial charge in [-0.2, -0.15) is 0 Å². The highest BCUT2D eigenvalue weighted by molar-refractivity contribution is 6.02. The highest BCUT2D eigenvalue weighted by Crippen LogP contribution is 2.22. The molecule has 0 spiro atoms. The molecule has 4 nitrogen and oxygen atoms in total. The Morgan fingerprint density at radius 1 is 1.12 bits per heavy atom. The molecule has 0 saturated heterocycles. The molecule has 0 saturated carbocycles. The molecule has 0 aliphatic rings. The number of aromatic nitrogens is 1. The van der Waals surface area contributed by atoms with Crippen molar-refractivity contribution < 1.29 is 14.6 Å². The standard InChI is InChI=1S/C20H17NO3/c1-2-24-19-10-6-3-7-14(19)11-12-15-13-17(20(22)23)16-8-4-5-9-18(16)21-15/h3-13H,2H2,1H3,(H,22,23)/p-1/b12-11+. The summed E-state index contributed by atoms with van der Waals surface area (Å²) >= 11 is 0. The van der Waals surface area contributed by atoms with Crippen molar-refractivity contribution in [3.63, 3.8) is 0 Å². The van der Waals surface area contributed by atoms with Crippen LogP contribution in [-0.4, -0.2) is 17.6 Å². The fourth-order valence-corrected chi connectivity index (χ4v) is 2.53.